The van der Waals surface area contributed by atoms with Gasteiger partial charge in [-0.1, -0.05) is 36.0 Å². The lowest BCUT2D eigenvalue weighted by atomic mass is 10.2. The Balaban J connectivity index is 2.29. The van der Waals surface area contributed by atoms with Crippen LogP contribution in [0.1, 0.15) is 0 Å². The molecule has 0 fully saturated rings. The van der Waals surface area contributed by atoms with Crippen LogP contribution in [-0.2, 0) is 0 Å². The lowest BCUT2D eigenvalue weighted by Gasteiger charge is -2.21. The van der Waals surface area contributed by atoms with Crippen molar-refractivity contribution in [2.75, 3.05) is 0 Å². The van der Waals surface area contributed by atoms with Crippen molar-refractivity contribution >= 4 is 22.7 Å². The third kappa shape index (κ3) is 1.22. The van der Waals surface area contributed by atoms with E-state index < -0.39 is 0 Å². The van der Waals surface area contributed by atoms with Gasteiger partial charge in [-0.05, 0) is 29.7 Å². The number of hydrogen-bond acceptors (Lipinski definition) is 2. The lowest BCUT2D eigenvalue weighted by molar-refractivity contribution is 0.987. The van der Waals surface area contributed by atoms with E-state index in [2.05, 4.69) is 12.1 Å². The van der Waals surface area contributed by atoms with Crippen molar-refractivity contribution in [1.82, 2.24) is 4.57 Å². The summed E-state index contributed by atoms with van der Waals surface area (Å²) in [7, 11) is 0. The maximum Gasteiger partial charge on any atom is 0.255 e. The van der Waals surface area contributed by atoms with E-state index in [1.807, 2.05) is 41.0 Å². The number of fused-ring (bicyclic) bond motifs is 2. The monoisotopic (exact) mass is 251 g/mol. The first kappa shape index (κ1) is 9.97. The Morgan fingerprint density at radius 3 is 2.61 bits per heavy atom. The molecule has 4 rings (SSSR count). The molecule has 0 radical (unpaired) electrons. The molecule has 1 aliphatic heterocycles. The number of para-hydroxylation sites is 2. The SMILES string of the molecule is O=c1ccc2cccc3c2n1-c1ccccc1S3. The number of aromatic nitrogens is 1. The molecule has 0 bridgehead atoms. The van der Waals surface area contributed by atoms with Crippen LogP contribution in [0.3, 0.4) is 0 Å². The van der Waals surface area contributed by atoms with E-state index in [4.69, 9.17) is 0 Å². The molecule has 0 saturated heterocycles. The van der Waals surface area contributed by atoms with Gasteiger partial charge in [0.05, 0.1) is 11.2 Å². The van der Waals surface area contributed by atoms with Gasteiger partial charge in [-0.25, -0.2) is 0 Å². The Kier molecular flexibility index (Phi) is 1.94. The van der Waals surface area contributed by atoms with E-state index in [9.17, 15) is 4.79 Å². The van der Waals surface area contributed by atoms with Crippen molar-refractivity contribution in [3.63, 3.8) is 0 Å². The first-order valence-electron chi connectivity index (χ1n) is 5.77. The van der Waals surface area contributed by atoms with Crippen molar-refractivity contribution in [2.45, 2.75) is 9.79 Å². The Labute approximate surface area is 108 Å². The fourth-order valence-electron chi connectivity index (χ4n) is 2.43. The molecule has 3 aromatic rings. The minimum atomic E-state index is 0.0303. The number of pyridine rings is 1. The van der Waals surface area contributed by atoms with Gasteiger partial charge in [-0.15, -0.1) is 0 Å². The molecular formula is C15H9NOS. The predicted octanol–water partition coefficient (Wildman–Crippen LogP) is 3.46. The molecule has 18 heavy (non-hydrogen) atoms. The van der Waals surface area contributed by atoms with Crippen molar-refractivity contribution in [3.05, 3.63) is 65.0 Å². The van der Waals surface area contributed by atoms with Gasteiger partial charge in [0.1, 0.15) is 0 Å². The maximum absolute atomic E-state index is 12.2. The van der Waals surface area contributed by atoms with Crippen LogP contribution in [0.5, 0.6) is 0 Å². The largest absolute Gasteiger partial charge is 0.275 e. The van der Waals surface area contributed by atoms with Gasteiger partial charge in [-0.3, -0.25) is 9.36 Å². The second-order valence-electron chi connectivity index (χ2n) is 4.27. The van der Waals surface area contributed by atoms with Crippen molar-refractivity contribution in [2.24, 2.45) is 0 Å². The summed E-state index contributed by atoms with van der Waals surface area (Å²) in [4.78, 5) is 14.4. The fourth-order valence-corrected chi connectivity index (χ4v) is 3.53. The van der Waals surface area contributed by atoms with Gasteiger partial charge < -0.3 is 0 Å². The molecule has 0 N–H and O–H groups in total. The van der Waals surface area contributed by atoms with Crippen molar-refractivity contribution < 1.29 is 0 Å². The first-order chi connectivity index (χ1) is 8.84. The minimum absolute atomic E-state index is 0.0303. The smallest absolute Gasteiger partial charge is 0.255 e. The fraction of sp³-hybridized carbons (Fsp3) is 0. The van der Waals surface area contributed by atoms with E-state index >= 15 is 0 Å². The van der Waals surface area contributed by atoms with Gasteiger partial charge in [-0.2, -0.15) is 0 Å². The molecule has 3 heteroatoms. The van der Waals surface area contributed by atoms with Gasteiger partial charge in [0.2, 0.25) is 0 Å². The third-order valence-corrected chi connectivity index (χ3v) is 4.32. The molecule has 1 aliphatic rings. The van der Waals surface area contributed by atoms with Gasteiger partial charge in [0, 0.05) is 15.9 Å². The van der Waals surface area contributed by atoms with Gasteiger partial charge in [0.25, 0.3) is 5.56 Å². The molecule has 1 aromatic heterocycles. The summed E-state index contributed by atoms with van der Waals surface area (Å²) in [5.74, 6) is 0. The van der Waals surface area contributed by atoms with E-state index in [-0.39, 0.29) is 5.56 Å². The Bertz CT molecular complexity index is 835. The molecule has 0 atom stereocenters. The molecular weight excluding hydrogens is 242 g/mol. The summed E-state index contributed by atoms with van der Waals surface area (Å²) >= 11 is 1.72. The Morgan fingerprint density at radius 2 is 1.67 bits per heavy atom. The molecule has 2 heterocycles. The molecule has 2 aromatic carbocycles. The number of hydrogen-bond donors (Lipinski definition) is 0. The molecule has 0 aliphatic carbocycles. The number of rotatable bonds is 0. The average molecular weight is 251 g/mol. The second kappa shape index (κ2) is 3.50. The second-order valence-corrected chi connectivity index (χ2v) is 5.35. The quantitative estimate of drug-likeness (QED) is 0.477. The molecule has 0 amide bonds. The Morgan fingerprint density at radius 1 is 0.833 bits per heavy atom. The molecule has 2 nitrogen and oxygen atoms in total. The van der Waals surface area contributed by atoms with E-state index in [1.165, 1.54) is 0 Å². The van der Waals surface area contributed by atoms with Crippen LogP contribution in [0, 0.1) is 0 Å². The van der Waals surface area contributed by atoms with Crippen LogP contribution in [0.4, 0.5) is 0 Å². The lowest BCUT2D eigenvalue weighted by Crippen LogP contribution is -2.20. The third-order valence-electron chi connectivity index (χ3n) is 3.21. The molecule has 0 unspecified atom stereocenters. The zero-order chi connectivity index (χ0) is 12.1. The highest BCUT2D eigenvalue weighted by Gasteiger charge is 2.18. The van der Waals surface area contributed by atoms with Gasteiger partial charge >= 0.3 is 0 Å². The highest BCUT2D eigenvalue weighted by Crippen LogP contribution is 2.40. The standard InChI is InChI=1S/C15H9NOS/c17-14-9-8-10-4-3-7-13-15(10)16(14)11-5-1-2-6-12(11)18-13/h1-9H. The highest BCUT2D eigenvalue weighted by molar-refractivity contribution is 7.99. The molecule has 86 valence electrons. The minimum Gasteiger partial charge on any atom is -0.275 e. The van der Waals surface area contributed by atoms with Crippen LogP contribution < -0.4 is 5.56 Å². The van der Waals surface area contributed by atoms with E-state index in [0.717, 1.165) is 26.4 Å². The topological polar surface area (TPSA) is 22.0 Å². The summed E-state index contributed by atoms with van der Waals surface area (Å²) in [6.45, 7) is 0. The Hall–Kier alpha value is -2.00. The summed E-state index contributed by atoms with van der Waals surface area (Å²) < 4.78 is 1.82. The zero-order valence-electron chi connectivity index (χ0n) is 9.46. The maximum atomic E-state index is 12.2. The van der Waals surface area contributed by atoms with Crippen LogP contribution in [0.2, 0.25) is 0 Å². The van der Waals surface area contributed by atoms with Crippen LogP contribution in [0.25, 0.3) is 16.6 Å². The van der Waals surface area contributed by atoms with Crippen LogP contribution >= 0.6 is 11.8 Å². The van der Waals surface area contributed by atoms with Crippen LogP contribution in [0.15, 0.2) is 69.2 Å². The normalized spacial score (nSPS) is 12.4. The van der Waals surface area contributed by atoms with Crippen LogP contribution in [-0.4, -0.2) is 4.57 Å². The zero-order valence-corrected chi connectivity index (χ0v) is 10.3. The van der Waals surface area contributed by atoms with Gasteiger partial charge in [0.15, 0.2) is 0 Å². The molecule has 0 saturated carbocycles. The van der Waals surface area contributed by atoms with Crippen molar-refractivity contribution in [3.8, 4) is 5.69 Å². The highest BCUT2D eigenvalue weighted by atomic mass is 32.2. The number of benzene rings is 2. The van der Waals surface area contributed by atoms with E-state index in [0.29, 0.717) is 0 Å². The van der Waals surface area contributed by atoms with Crippen molar-refractivity contribution in [1.29, 1.82) is 0 Å². The predicted molar refractivity (Wildman–Crippen MR) is 73.7 cm³/mol. The average Bonchev–Trinajstić information content (AvgIpc) is 2.41. The summed E-state index contributed by atoms with van der Waals surface area (Å²) in [5, 5.41) is 1.11. The summed E-state index contributed by atoms with van der Waals surface area (Å²) in [6, 6.07) is 17.7. The summed E-state index contributed by atoms with van der Waals surface area (Å²) in [6.07, 6.45) is 0. The summed E-state index contributed by atoms with van der Waals surface area (Å²) in [5.41, 5.74) is 2.04. The van der Waals surface area contributed by atoms with E-state index in [1.54, 1.807) is 17.8 Å². The molecule has 0 spiro atoms. The first-order valence-corrected chi connectivity index (χ1v) is 6.58. The number of nitrogens with zero attached hydrogens (tertiary/aromatic N) is 1.